The summed E-state index contributed by atoms with van der Waals surface area (Å²) < 4.78 is 24.4. The van der Waals surface area contributed by atoms with Crippen LogP contribution in [-0.2, 0) is 10.0 Å². The van der Waals surface area contributed by atoms with E-state index in [0.29, 0.717) is 5.71 Å². The molecule has 0 aliphatic rings. The predicted molar refractivity (Wildman–Crippen MR) is 82.7 cm³/mol. The Morgan fingerprint density at radius 1 is 1.10 bits per heavy atom. The zero-order chi connectivity index (χ0) is 15.5. The van der Waals surface area contributed by atoms with E-state index in [9.17, 15) is 8.42 Å². The third-order valence-corrected chi connectivity index (χ3v) is 4.43. The highest BCUT2D eigenvalue weighted by molar-refractivity contribution is 7.89. The molecule has 110 valence electrons. The molecule has 0 spiro atoms. The van der Waals surface area contributed by atoms with Gasteiger partial charge in [0.2, 0.25) is 0 Å². The number of aryl methyl sites for hydroxylation is 2. The van der Waals surface area contributed by atoms with Gasteiger partial charge < -0.3 is 0 Å². The number of benzene rings is 1. The molecule has 0 radical (unpaired) electrons. The largest absolute Gasteiger partial charge is 0.276 e. The van der Waals surface area contributed by atoms with Gasteiger partial charge in [-0.2, -0.15) is 18.4 Å². The van der Waals surface area contributed by atoms with Crippen molar-refractivity contribution in [1.82, 2.24) is 9.82 Å². The summed E-state index contributed by atoms with van der Waals surface area (Å²) in [5.74, 6) is 0. The molecule has 1 aromatic heterocycles. The predicted octanol–water partition coefficient (Wildman–Crippen LogP) is 2.40. The molecule has 0 aliphatic heterocycles. The number of nitrogens with zero attached hydrogens (tertiary/aromatic N) is 2. The van der Waals surface area contributed by atoms with E-state index in [-0.39, 0.29) is 4.90 Å². The minimum absolute atomic E-state index is 0.205. The van der Waals surface area contributed by atoms with E-state index < -0.39 is 10.0 Å². The van der Waals surface area contributed by atoms with E-state index >= 15 is 0 Å². The first-order chi connectivity index (χ1) is 9.90. The number of nitrogens with one attached hydrogen (secondary N) is 1. The van der Waals surface area contributed by atoms with Crippen LogP contribution in [0, 0.1) is 13.8 Å². The topological polar surface area (TPSA) is 71.4 Å². The van der Waals surface area contributed by atoms with Crippen LogP contribution in [0.25, 0.3) is 0 Å². The van der Waals surface area contributed by atoms with Crippen molar-refractivity contribution in [2.45, 2.75) is 25.7 Å². The maximum atomic E-state index is 12.2. The van der Waals surface area contributed by atoms with Crippen molar-refractivity contribution in [2.75, 3.05) is 0 Å². The fourth-order valence-corrected chi connectivity index (χ4v) is 2.66. The number of pyridine rings is 1. The van der Waals surface area contributed by atoms with Crippen LogP contribution >= 0.6 is 0 Å². The van der Waals surface area contributed by atoms with Gasteiger partial charge in [-0.15, -0.1) is 0 Å². The minimum Gasteiger partial charge on any atom is -0.265 e. The summed E-state index contributed by atoms with van der Waals surface area (Å²) in [4.78, 5) is 6.37. The Labute approximate surface area is 124 Å². The van der Waals surface area contributed by atoms with Gasteiger partial charge in [-0.25, -0.2) is 0 Å². The van der Waals surface area contributed by atoms with Gasteiger partial charge in [0.1, 0.15) is 0 Å². The summed E-state index contributed by atoms with van der Waals surface area (Å²) in [6.45, 7) is 5.54. The van der Waals surface area contributed by atoms with Gasteiger partial charge in [0.05, 0.1) is 10.6 Å². The van der Waals surface area contributed by atoms with Crippen molar-refractivity contribution in [2.24, 2.45) is 5.10 Å². The van der Waals surface area contributed by atoms with Crippen LogP contribution in [0.1, 0.15) is 23.6 Å². The van der Waals surface area contributed by atoms with Crippen LogP contribution in [0.2, 0.25) is 0 Å². The Balaban J connectivity index is 2.23. The second-order valence-electron chi connectivity index (χ2n) is 4.77. The molecule has 0 aliphatic carbocycles. The second kappa shape index (κ2) is 6.05. The first-order valence-electron chi connectivity index (χ1n) is 6.44. The summed E-state index contributed by atoms with van der Waals surface area (Å²) in [7, 11) is -3.66. The van der Waals surface area contributed by atoms with E-state index in [2.05, 4.69) is 14.9 Å². The van der Waals surface area contributed by atoms with Crippen molar-refractivity contribution in [1.29, 1.82) is 0 Å². The molecular formula is C15H17N3O2S. The molecule has 0 unspecified atom stereocenters. The van der Waals surface area contributed by atoms with Crippen molar-refractivity contribution >= 4 is 15.7 Å². The van der Waals surface area contributed by atoms with Crippen molar-refractivity contribution < 1.29 is 8.42 Å². The number of aromatic nitrogens is 1. The van der Waals surface area contributed by atoms with Crippen LogP contribution in [0.4, 0.5) is 0 Å². The lowest BCUT2D eigenvalue weighted by Gasteiger charge is -2.07. The number of hydrogen-bond acceptors (Lipinski definition) is 4. The van der Waals surface area contributed by atoms with Gasteiger partial charge in [0.25, 0.3) is 10.0 Å². The van der Waals surface area contributed by atoms with E-state index in [1.807, 2.05) is 13.8 Å². The number of hydrogen-bond donors (Lipinski definition) is 1. The highest BCUT2D eigenvalue weighted by atomic mass is 32.2. The smallest absolute Gasteiger partial charge is 0.265 e. The average Bonchev–Trinajstić information content (AvgIpc) is 2.48. The van der Waals surface area contributed by atoms with E-state index in [1.165, 1.54) is 0 Å². The summed E-state index contributed by atoms with van der Waals surface area (Å²) in [6, 6.07) is 8.52. The molecule has 2 rings (SSSR count). The monoisotopic (exact) mass is 303 g/mol. The quantitative estimate of drug-likeness (QED) is 0.696. The summed E-state index contributed by atoms with van der Waals surface area (Å²) in [5.41, 5.74) is 3.36. The number of sulfonamides is 1. The fourth-order valence-electron chi connectivity index (χ4n) is 1.72. The SMILES string of the molecule is CC(=NNS(=O)(=O)c1ccc(C)c(C)c1)c1ccncc1. The Kier molecular flexibility index (Phi) is 4.37. The second-order valence-corrected chi connectivity index (χ2v) is 6.43. The van der Waals surface area contributed by atoms with Crippen LogP contribution in [0.3, 0.4) is 0 Å². The third-order valence-electron chi connectivity index (χ3n) is 3.22. The van der Waals surface area contributed by atoms with Gasteiger partial charge in [0, 0.05) is 18.0 Å². The maximum Gasteiger partial charge on any atom is 0.276 e. The minimum atomic E-state index is -3.66. The standard InChI is InChI=1S/C15H17N3O2S/c1-11-4-5-15(10-12(11)2)21(19,20)18-17-13(3)14-6-8-16-9-7-14/h4-10,18H,1-3H3. The first kappa shape index (κ1) is 15.2. The number of hydrazone groups is 1. The van der Waals surface area contributed by atoms with Gasteiger partial charge in [-0.05, 0) is 56.2 Å². The molecule has 1 aromatic carbocycles. The Morgan fingerprint density at radius 2 is 1.76 bits per heavy atom. The summed E-state index contributed by atoms with van der Waals surface area (Å²) in [6.07, 6.45) is 3.26. The molecule has 1 heterocycles. The molecule has 0 fully saturated rings. The Bertz CT molecular complexity index is 769. The summed E-state index contributed by atoms with van der Waals surface area (Å²) >= 11 is 0. The molecule has 6 heteroatoms. The lowest BCUT2D eigenvalue weighted by atomic mass is 10.1. The van der Waals surface area contributed by atoms with E-state index in [0.717, 1.165) is 16.7 Å². The molecular weight excluding hydrogens is 286 g/mol. The Morgan fingerprint density at radius 3 is 2.38 bits per heavy atom. The highest BCUT2D eigenvalue weighted by Crippen LogP contribution is 2.14. The lowest BCUT2D eigenvalue weighted by Crippen LogP contribution is -2.20. The third kappa shape index (κ3) is 3.66. The average molecular weight is 303 g/mol. The van der Waals surface area contributed by atoms with Crippen molar-refractivity contribution in [3.63, 3.8) is 0 Å². The number of rotatable bonds is 4. The van der Waals surface area contributed by atoms with Crippen LogP contribution in [0.15, 0.2) is 52.7 Å². The van der Waals surface area contributed by atoms with E-state index in [1.54, 1.807) is 49.6 Å². The van der Waals surface area contributed by atoms with Crippen LogP contribution in [-0.4, -0.2) is 19.1 Å². The van der Waals surface area contributed by atoms with Gasteiger partial charge in [-0.3, -0.25) is 4.98 Å². The Hall–Kier alpha value is -2.21. The molecule has 0 amide bonds. The van der Waals surface area contributed by atoms with Crippen molar-refractivity contribution in [3.05, 3.63) is 59.4 Å². The van der Waals surface area contributed by atoms with Crippen LogP contribution < -0.4 is 4.83 Å². The molecule has 0 saturated heterocycles. The molecule has 5 nitrogen and oxygen atoms in total. The first-order valence-corrected chi connectivity index (χ1v) is 7.92. The lowest BCUT2D eigenvalue weighted by molar-refractivity contribution is 0.584. The molecule has 1 N–H and O–H groups in total. The van der Waals surface area contributed by atoms with Crippen LogP contribution in [0.5, 0.6) is 0 Å². The van der Waals surface area contributed by atoms with E-state index in [4.69, 9.17) is 0 Å². The molecule has 0 atom stereocenters. The molecule has 2 aromatic rings. The van der Waals surface area contributed by atoms with Gasteiger partial charge in [-0.1, -0.05) is 6.07 Å². The zero-order valence-corrected chi connectivity index (χ0v) is 13.0. The zero-order valence-electron chi connectivity index (χ0n) is 12.2. The molecule has 0 saturated carbocycles. The van der Waals surface area contributed by atoms with Crippen molar-refractivity contribution in [3.8, 4) is 0 Å². The normalized spacial score (nSPS) is 12.2. The van der Waals surface area contributed by atoms with Gasteiger partial charge >= 0.3 is 0 Å². The maximum absolute atomic E-state index is 12.2. The fraction of sp³-hybridized carbons (Fsp3) is 0.200. The van der Waals surface area contributed by atoms with Gasteiger partial charge in [0.15, 0.2) is 0 Å². The highest BCUT2D eigenvalue weighted by Gasteiger charge is 2.13. The summed E-state index contributed by atoms with van der Waals surface area (Å²) in [5, 5.41) is 3.95. The molecule has 0 bridgehead atoms. The molecule has 21 heavy (non-hydrogen) atoms.